The highest BCUT2D eigenvalue weighted by molar-refractivity contribution is 5.89. The Morgan fingerprint density at radius 1 is 1.29 bits per heavy atom. The van der Waals surface area contributed by atoms with E-state index in [1.807, 2.05) is 26.0 Å². The second-order valence-corrected chi connectivity index (χ2v) is 6.75. The van der Waals surface area contributed by atoms with Gasteiger partial charge in [-0.15, -0.1) is 0 Å². The molecule has 0 aliphatic carbocycles. The van der Waals surface area contributed by atoms with Crippen LogP contribution in [0.25, 0.3) is 10.9 Å². The number of nitrogens with zero attached hydrogens (tertiary/aromatic N) is 2. The predicted molar refractivity (Wildman–Crippen MR) is 94.5 cm³/mol. The van der Waals surface area contributed by atoms with Crippen molar-refractivity contribution in [1.82, 2.24) is 14.8 Å². The molecule has 1 aliphatic heterocycles. The first-order chi connectivity index (χ1) is 11.6. The molecule has 1 aliphatic rings. The van der Waals surface area contributed by atoms with Gasteiger partial charge in [0.1, 0.15) is 0 Å². The van der Waals surface area contributed by atoms with Crippen molar-refractivity contribution in [1.29, 1.82) is 0 Å². The van der Waals surface area contributed by atoms with Crippen LogP contribution in [0.5, 0.6) is 0 Å². The number of hydrogen-bond acceptors (Lipinski definition) is 2. The maximum atomic E-state index is 12.2. The predicted octanol–water partition coefficient (Wildman–Crippen LogP) is 2.40. The van der Waals surface area contributed by atoms with E-state index in [1.165, 1.54) is 10.9 Å². The van der Waals surface area contributed by atoms with Crippen LogP contribution in [0.1, 0.15) is 26.7 Å². The number of carbonyl (C=O) groups excluding carboxylic acids is 2. The molecule has 0 spiro atoms. The zero-order valence-electron chi connectivity index (χ0n) is 14.4. The van der Waals surface area contributed by atoms with Gasteiger partial charge in [-0.05, 0) is 37.8 Å². The van der Waals surface area contributed by atoms with E-state index in [4.69, 9.17) is 0 Å². The van der Waals surface area contributed by atoms with Crippen LogP contribution in [0.15, 0.2) is 36.5 Å². The Hall–Kier alpha value is -2.30. The summed E-state index contributed by atoms with van der Waals surface area (Å²) in [7, 11) is 0. The molecule has 1 atom stereocenters. The molecule has 3 rings (SSSR count). The summed E-state index contributed by atoms with van der Waals surface area (Å²) < 4.78 is 2.21. The largest absolute Gasteiger partial charge is 0.356 e. The molecule has 2 heterocycles. The highest BCUT2D eigenvalue weighted by Gasteiger charge is 2.35. The van der Waals surface area contributed by atoms with Crippen molar-refractivity contribution in [3.63, 3.8) is 0 Å². The number of hydrogen-bond donors (Lipinski definition) is 1. The molecule has 5 heteroatoms. The number of carbonyl (C=O) groups is 2. The fourth-order valence-corrected chi connectivity index (χ4v) is 3.35. The van der Waals surface area contributed by atoms with Gasteiger partial charge in [-0.2, -0.15) is 0 Å². The van der Waals surface area contributed by atoms with Gasteiger partial charge in [0.25, 0.3) is 0 Å². The number of likely N-dealkylation sites (tertiary alicyclic amines) is 1. The summed E-state index contributed by atoms with van der Waals surface area (Å²) in [6, 6.07) is 10.6. The molecule has 24 heavy (non-hydrogen) atoms. The van der Waals surface area contributed by atoms with Crippen molar-refractivity contribution in [2.45, 2.75) is 39.3 Å². The summed E-state index contributed by atoms with van der Waals surface area (Å²) in [4.78, 5) is 25.9. The second-order valence-electron chi connectivity index (χ2n) is 6.75. The lowest BCUT2D eigenvalue weighted by Gasteiger charge is -2.20. The fourth-order valence-electron chi connectivity index (χ4n) is 3.35. The van der Waals surface area contributed by atoms with E-state index in [1.54, 1.807) is 4.90 Å². The van der Waals surface area contributed by atoms with Crippen molar-refractivity contribution in [2.24, 2.45) is 5.92 Å². The maximum absolute atomic E-state index is 12.2. The molecule has 1 aromatic carbocycles. The minimum atomic E-state index is -0.202. The fraction of sp³-hybridized carbons (Fsp3) is 0.474. The van der Waals surface area contributed by atoms with Gasteiger partial charge in [-0.3, -0.25) is 9.59 Å². The lowest BCUT2D eigenvalue weighted by molar-refractivity contribution is -0.129. The van der Waals surface area contributed by atoms with Gasteiger partial charge in [0.2, 0.25) is 11.8 Å². The topological polar surface area (TPSA) is 54.3 Å². The number of aryl methyl sites for hydroxylation is 1. The molecule has 0 radical (unpaired) electrons. The molecular weight excluding hydrogens is 302 g/mol. The van der Waals surface area contributed by atoms with Gasteiger partial charge in [-0.25, -0.2) is 0 Å². The zero-order valence-corrected chi connectivity index (χ0v) is 14.4. The van der Waals surface area contributed by atoms with Crippen LogP contribution in [0.2, 0.25) is 0 Å². The Labute approximate surface area is 142 Å². The summed E-state index contributed by atoms with van der Waals surface area (Å²) in [5.74, 6) is -0.111. The van der Waals surface area contributed by atoms with E-state index in [2.05, 4.69) is 34.3 Å². The third-order valence-electron chi connectivity index (χ3n) is 4.71. The third-order valence-corrected chi connectivity index (χ3v) is 4.71. The van der Waals surface area contributed by atoms with E-state index < -0.39 is 0 Å². The zero-order chi connectivity index (χ0) is 17.1. The van der Waals surface area contributed by atoms with Crippen LogP contribution in [-0.4, -0.2) is 40.4 Å². The maximum Gasteiger partial charge on any atom is 0.225 e. The summed E-state index contributed by atoms with van der Waals surface area (Å²) >= 11 is 0. The number of rotatable bonds is 6. The van der Waals surface area contributed by atoms with E-state index in [0.29, 0.717) is 19.5 Å². The van der Waals surface area contributed by atoms with Gasteiger partial charge >= 0.3 is 0 Å². The van der Waals surface area contributed by atoms with Crippen LogP contribution in [0, 0.1) is 5.92 Å². The highest BCUT2D eigenvalue weighted by Crippen LogP contribution is 2.20. The quantitative estimate of drug-likeness (QED) is 0.828. The lowest BCUT2D eigenvalue weighted by Crippen LogP contribution is -2.36. The molecule has 1 fully saturated rings. The minimum Gasteiger partial charge on any atom is -0.356 e. The average Bonchev–Trinajstić information content (AvgIpc) is 3.15. The van der Waals surface area contributed by atoms with Crippen LogP contribution in [-0.2, 0) is 16.1 Å². The number of para-hydroxylation sites is 1. The van der Waals surface area contributed by atoms with E-state index >= 15 is 0 Å². The first-order valence-electron chi connectivity index (χ1n) is 8.67. The number of aromatic nitrogens is 1. The smallest absolute Gasteiger partial charge is 0.225 e. The second kappa shape index (κ2) is 7.07. The van der Waals surface area contributed by atoms with E-state index in [9.17, 15) is 9.59 Å². The van der Waals surface area contributed by atoms with Crippen molar-refractivity contribution >= 4 is 22.7 Å². The van der Waals surface area contributed by atoms with Gasteiger partial charge in [0.15, 0.2) is 0 Å². The molecule has 0 saturated carbocycles. The Morgan fingerprint density at radius 3 is 2.83 bits per heavy atom. The Balaban J connectivity index is 1.45. The van der Waals surface area contributed by atoms with Crippen molar-refractivity contribution in [3.05, 3.63) is 36.5 Å². The van der Waals surface area contributed by atoms with Gasteiger partial charge < -0.3 is 14.8 Å². The SMILES string of the molecule is CC(C)N1C[C@@H](C(=O)NCCCn2ccc3ccccc32)CC1=O. The molecule has 2 amide bonds. The minimum absolute atomic E-state index is 0.00358. The number of amides is 2. The summed E-state index contributed by atoms with van der Waals surface area (Å²) in [6.45, 7) is 6.02. The normalized spacial score (nSPS) is 17.9. The summed E-state index contributed by atoms with van der Waals surface area (Å²) in [5.41, 5.74) is 1.22. The van der Waals surface area contributed by atoms with E-state index in [-0.39, 0.29) is 23.8 Å². The Bertz CT molecular complexity index is 735. The first kappa shape index (κ1) is 16.6. The number of fused-ring (bicyclic) bond motifs is 1. The van der Waals surface area contributed by atoms with Crippen molar-refractivity contribution in [3.8, 4) is 0 Å². The average molecular weight is 327 g/mol. The van der Waals surface area contributed by atoms with Crippen LogP contribution in [0.3, 0.4) is 0 Å². The van der Waals surface area contributed by atoms with Crippen molar-refractivity contribution in [2.75, 3.05) is 13.1 Å². The molecule has 0 unspecified atom stereocenters. The first-order valence-corrected chi connectivity index (χ1v) is 8.67. The van der Waals surface area contributed by atoms with Crippen LogP contribution in [0.4, 0.5) is 0 Å². The number of benzene rings is 1. The lowest BCUT2D eigenvalue weighted by atomic mass is 10.1. The Morgan fingerprint density at radius 2 is 2.08 bits per heavy atom. The molecule has 1 aromatic heterocycles. The molecule has 2 aromatic rings. The molecular formula is C19H25N3O2. The van der Waals surface area contributed by atoms with Crippen LogP contribution >= 0.6 is 0 Å². The van der Waals surface area contributed by atoms with Gasteiger partial charge in [0, 0.05) is 43.8 Å². The number of nitrogens with one attached hydrogen (secondary N) is 1. The molecule has 0 bridgehead atoms. The molecule has 128 valence electrons. The monoisotopic (exact) mass is 327 g/mol. The Kier molecular flexibility index (Phi) is 4.88. The van der Waals surface area contributed by atoms with E-state index in [0.717, 1.165) is 13.0 Å². The summed E-state index contributed by atoms with van der Waals surface area (Å²) in [6.07, 6.45) is 3.30. The summed E-state index contributed by atoms with van der Waals surface area (Å²) in [5, 5.41) is 4.22. The molecule has 1 saturated heterocycles. The molecule has 5 nitrogen and oxygen atoms in total. The van der Waals surface area contributed by atoms with Gasteiger partial charge in [0.05, 0.1) is 5.92 Å². The van der Waals surface area contributed by atoms with Crippen LogP contribution < -0.4 is 5.32 Å². The highest BCUT2D eigenvalue weighted by atomic mass is 16.2. The van der Waals surface area contributed by atoms with Gasteiger partial charge in [-0.1, -0.05) is 18.2 Å². The van der Waals surface area contributed by atoms with Crippen molar-refractivity contribution < 1.29 is 9.59 Å². The molecule has 1 N–H and O–H groups in total. The third kappa shape index (κ3) is 3.45. The standard InChI is InChI=1S/C19H25N3O2/c1-14(2)22-13-16(12-18(22)23)19(24)20-9-5-10-21-11-8-15-6-3-4-7-17(15)21/h3-4,6-8,11,14,16H,5,9-10,12-13H2,1-2H3,(H,20,24)/t16-/m0/s1.